The normalized spacial score (nSPS) is 10.6. The van der Waals surface area contributed by atoms with E-state index >= 15 is 0 Å². The fourth-order valence-corrected chi connectivity index (χ4v) is 1.80. The second kappa shape index (κ2) is 5.64. The largest absolute Gasteiger partial charge is 0.373 e. The van der Waals surface area contributed by atoms with Crippen molar-refractivity contribution in [1.82, 2.24) is 19.7 Å². The smallest absolute Gasteiger partial charge is 0.276 e. The molecule has 0 fully saturated rings. The minimum absolute atomic E-state index is 0.0325. The number of aryl methyl sites for hydroxylation is 2. The van der Waals surface area contributed by atoms with Crippen molar-refractivity contribution in [2.45, 2.75) is 26.7 Å². The first-order valence-corrected chi connectivity index (χ1v) is 6.38. The van der Waals surface area contributed by atoms with Gasteiger partial charge < -0.3 is 5.32 Å². The van der Waals surface area contributed by atoms with E-state index in [4.69, 9.17) is 0 Å². The summed E-state index contributed by atoms with van der Waals surface area (Å²) in [6.45, 7) is 3.91. The zero-order valence-corrected chi connectivity index (χ0v) is 11.6. The first kappa shape index (κ1) is 13.9. The first-order valence-electron chi connectivity index (χ1n) is 6.38. The van der Waals surface area contributed by atoms with Gasteiger partial charge in [-0.05, 0) is 0 Å². The van der Waals surface area contributed by atoms with E-state index in [2.05, 4.69) is 20.4 Å². The van der Waals surface area contributed by atoms with E-state index in [0.29, 0.717) is 30.3 Å². The van der Waals surface area contributed by atoms with Crippen LogP contribution >= 0.6 is 0 Å². The summed E-state index contributed by atoms with van der Waals surface area (Å²) in [6, 6.07) is 2.78. The lowest BCUT2D eigenvalue weighted by atomic mass is 10.3. The number of hydrogen-bond donors (Lipinski definition) is 1. The second-order valence-electron chi connectivity index (χ2n) is 4.14. The van der Waals surface area contributed by atoms with Crippen LogP contribution in [0.5, 0.6) is 0 Å². The molecular weight excluding hydrogens is 260 g/mol. The molecule has 2 heterocycles. The van der Waals surface area contributed by atoms with Gasteiger partial charge in [0.05, 0.1) is 17.1 Å². The standard InChI is InChI=1S/C12H16N6O2/c1-4-9-14-11(5-2)17(16-9)12-7-8(18(19)20)6-10(13-3)15-12/h6-7H,4-5H2,1-3H3,(H,13,15). The van der Waals surface area contributed by atoms with Gasteiger partial charge in [-0.3, -0.25) is 10.1 Å². The average Bonchev–Trinajstić information content (AvgIpc) is 2.90. The molecule has 2 aromatic rings. The molecule has 0 amide bonds. The highest BCUT2D eigenvalue weighted by molar-refractivity contribution is 5.50. The third-order valence-corrected chi connectivity index (χ3v) is 2.83. The zero-order valence-electron chi connectivity index (χ0n) is 11.6. The van der Waals surface area contributed by atoms with E-state index < -0.39 is 4.92 Å². The van der Waals surface area contributed by atoms with Crippen LogP contribution in [-0.4, -0.2) is 31.7 Å². The van der Waals surface area contributed by atoms with Crippen LogP contribution in [-0.2, 0) is 12.8 Å². The maximum Gasteiger partial charge on any atom is 0.276 e. The lowest BCUT2D eigenvalue weighted by Crippen LogP contribution is -2.07. The van der Waals surface area contributed by atoms with Crippen LogP contribution in [0.2, 0.25) is 0 Å². The monoisotopic (exact) mass is 276 g/mol. The molecule has 20 heavy (non-hydrogen) atoms. The van der Waals surface area contributed by atoms with E-state index in [9.17, 15) is 10.1 Å². The molecule has 0 spiro atoms. The Kier molecular flexibility index (Phi) is 3.92. The summed E-state index contributed by atoms with van der Waals surface area (Å²) in [4.78, 5) is 19.2. The van der Waals surface area contributed by atoms with E-state index in [1.165, 1.54) is 12.1 Å². The minimum Gasteiger partial charge on any atom is -0.373 e. The molecule has 106 valence electrons. The number of nitro groups is 1. The molecule has 0 saturated carbocycles. The summed E-state index contributed by atoms with van der Waals surface area (Å²) >= 11 is 0. The summed E-state index contributed by atoms with van der Waals surface area (Å²) in [5.74, 6) is 2.25. The number of pyridine rings is 1. The maximum absolute atomic E-state index is 11.0. The molecule has 2 aromatic heterocycles. The van der Waals surface area contributed by atoms with Crippen LogP contribution < -0.4 is 5.32 Å². The van der Waals surface area contributed by atoms with Crippen molar-refractivity contribution in [3.05, 3.63) is 33.9 Å². The minimum atomic E-state index is -0.449. The number of nitrogens with one attached hydrogen (secondary N) is 1. The Bertz CT molecular complexity index is 637. The van der Waals surface area contributed by atoms with Crippen LogP contribution in [0.3, 0.4) is 0 Å². The molecule has 0 aromatic carbocycles. The lowest BCUT2D eigenvalue weighted by molar-refractivity contribution is -0.384. The van der Waals surface area contributed by atoms with E-state index in [-0.39, 0.29) is 5.69 Å². The molecule has 1 N–H and O–H groups in total. The topological polar surface area (TPSA) is 98.8 Å². The summed E-state index contributed by atoms with van der Waals surface area (Å²) < 4.78 is 1.56. The number of hydrogen-bond acceptors (Lipinski definition) is 6. The van der Waals surface area contributed by atoms with Gasteiger partial charge in [-0.1, -0.05) is 13.8 Å². The van der Waals surface area contributed by atoms with Crippen LogP contribution in [0.1, 0.15) is 25.5 Å². The molecule has 0 unspecified atom stereocenters. The van der Waals surface area contributed by atoms with Gasteiger partial charge >= 0.3 is 0 Å². The molecule has 0 bridgehead atoms. The van der Waals surface area contributed by atoms with Gasteiger partial charge in [-0.25, -0.2) is 9.97 Å². The van der Waals surface area contributed by atoms with Gasteiger partial charge in [0.15, 0.2) is 11.6 Å². The lowest BCUT2D eigenvalue weighted by Gasteiger charge is -2.06. The highest BCUT2D eigenvalue weighted by atomic mass is 16.6. The van der Waals surface area contributed by atoms with Crippen molar-refractivity contribution < 1.29 is 4.92 Å². The number of nitrogens with zero attached hydrogens (tertiary/aromatic N) is 5. The Morgan fingerprint density at radius 1 is 1.30 bits per heavy atom. The van der Waals surface area contributed by atoms with Crippen molar-refractivity contribution in [3.8, 4) is 5.82 Å². The van der Waals surface area contributed by atoms with Crippen molar-refractivity contribution in [2.75, 3.05) is 12.4 Å². The summed E-state index contributed by atoms with van der Waals surface area (Å²) in [7, 11) is 1.66. The predicted molar refractivity (Wildman–Crippen MR) is 74.1 cm³/mol. The summed E-state index contributed by atoms with van der Waals surface area (Å²) in [5, 5.41) is 18.1. The van der Waals surface area contributed by atoms with Crippen LogP contribution in [0.25, 0.3) is 5.82 Å². The third kappa shape index (κ3) is 2.58. The van der Waals surface area contributed by atoms with Gasteiger partial charge in [0.1, 0.15) is 11.6 Å². The molecule has 0 aliphatic carbocycles. The van der Waals surface area contributed by atoms with E-state index in [1.807, 2.05) is 13.8 Å². The Balaban J connectivity index is 2.59. The Morgan fingerprint density at radius 3 is 2.60 bits per heavy atom. The van der Waals surface area contributed by atoms with Crippen LogP contribution in [0, 0.1) is 10.1 Å². The molecule has 0 aliphatic heterocycles. The molecule has 0 atom stereocenters. The molecule has 2 rings (SSSR count). The quantitative estimate of drug-likeness (QED) is 0.659. The SMILES string of the molecule is CCc1nc(CC)n(-c2cc([N+](=O)[O-])cc(NC)n2)n1. The highest BCUT2D eigenvalue weighted by Crippen LogP contribution is 2.20. The predicted octanol–water partition coefficient (Wildman–Crippen LogP) is 1.74. The van der Waals surface area contributed by atoms with Gasteiger partial charge in [0.25, 0.3) is 5.69 Å². The van der Waals surface area contributed by atoms with Crippen molar-refractivity contribution in [1.29, 1.82) is 0 Å². The molecule has 0 radical (unpaired) electrons. The van der Waals surface area contributed by atoms with E-state index in [1.54, 1.807) is 11.7 Å². The summed E-state index contributed by atoms with van der Waals surface area (Å²) in [6.07, 6.45) is 1.38. The zero-order chi connectivity index (χ0) is 14.7. The summed E-state index contributed by atoms with van der Waals surface area (Å²) in [5.41, 5.74) is -0.0325. The van der Waals surface area contributed by atoms with Crippen molar-refractivity contribution in [3.63, 3.8) is 0 Å². The Labute approximate surface area is 116 Å². The number of rotatable bonds is 5. The highest BCUT2D eigenvalue weighted by Gasteiger charge is 2.16. The molecule has 8 heteroatoms. The molecular formula is C12H16N6O2. The van der Waals surface area contributed by atoms with Gasteiger partial charge in [0.2, 0.25) is 0 Å². The van der Waals surface area contributed by atoms with Crippen LogP contribution in [0.15, 0.2) is 12.1 Å². The Hall–Kier alpha value is -2.51. The Morgan fingerprint density at radius 2 is 2.05 bits per heavy atom. The van der Waals surface area contributed by atoms with Gasteiger partial charge in [-0.15, -0.1) is 5.10 Å². The number of aromatic nitrogens is 4. The second-order valence-corrected chi connectivity index (χ2v) is 4.14. The molecule has 0 aliphatic rings. The molecule has 0 saturated heterocycles. The van der Waals surface area contributed by atoms with Crippen molar-refractivity contribution >= 4 is 11.5 Å². The van der Waals surface area contributed by atoms with E-state index in [0.717, 1.165) is 5.82 Å². The fourth-order valence-electron chi connectivity index (χ4n) is 1.80. The van der Waals surface area contributed by atoms with Gasteiger partial charge in [0, 0.05) is 19.9 Å². The fraction of sp³-hybridized carbons (Fsp3) is 0.417. The van der Waals surface area contributed by atoms with Crippen molar-refractivity contribution in [2.24, 2.45) is 0 Å². The molecule has 8 nitrogen and oxygen atoms in total. The number of anilines is 1. The van der Waals surface area contributed by atoms with Gasteiger partial charge in [-0.2, -0.15) is 4.68 Å². The third-order valence-electron chi connectivity index (χ3n) is 2.83. The average molecular weight is 276 g/mol. The maximum atomic E-state index is 11.0. The van der Waals surface area contributed by atoms with Crippen LogP contribution in [0.4, 0.5) is 11.5 Å². The first-order chi connectivity index (χ1) is 9.58.